The zero-order valence-corrected chi connectivity index (χ0v) is 13.5. The van der Waals surface area contributed by atoms with Crippen LogP contribution in [0.3, 0.4) is 0 Å². The Labute approximate surface area is 130 Å². The van der Waals surface area contributed by atoms with Crippen molar-refractivity contribution >= 4 is 11.9 Å². The molecule has 22 heavy (non-hydrogen) atoms. The number of rotatable bonds is 8. The molecule has 0 aromatic carbocycles. The predicted molar refractivity (Wildman–Crippen MR) is 79.1 cm³/mol. The van der Waals surface area contributed by atoms with Gasteiger partial charge in [0.15, 0.2) is 5.79 Å². The molecule has 0 aromatic rings. The van der Waals surface area contributed by atoms with Gasteiger partial charge in [-0.05, 0) is 26.8 Å². The van der Waals surface area contributed by atoms with Gasteiger partial charge in [0.25, 0.3) is 0 Å². The standard InChI is InChI=1S/C15H25NO6/c1-5-12(17)16-15(10-21-14(3,4)22-11-15)9-19-8-7-13(18)20-6-2/h5H,1,6-11H2,2-4H3,(H,16,17). The summed E-state index contributed by atoms with van der Waals surface area (Å²) in [5.41, 5.74) is -0.796. The van der Waals surface area contributed by atoms with Crippen molar-refractivity contribution in [3.05, 3.63) is 12.7 Å². The minimum Gasteiger partial charge on any atom is -0.466 e. The molecule has 0 unspecified atom stereocenters. The molecule has 1 heterocycles. The fourth-order valence-corrected chi connectivity index (χ4v) is 1.87. The van der Waals surface area contributed by atoms with E-state index < -0.39 is 11.3 Å². The summed E-state index contributed by atoms with van der Waals surface area (Å²) in [5.74, 6) is -1.35. The van der Waals surface area contributed by atoms with Crippen LogP contribution in [0.5, 0.6) is 0 Å². The average molecular weight is 315 g/mol. The van der Waals surface area contributed by atoms with Gasteiger partial charge < -0.3 is 24.3 Å². The van der Waals surface area contributed by atoms with Crippen molar-refractivity contribution in [3.63, 3.8) is 0 Å². The van der Waals surface area contributed by atoms with E-state index in [4.69, 9.17) is 18.9 Å². The first kappa shape index (κ1) is 18.6. The highest BCUT2D eigenvalue weighted by atomic mass is 16.7. The Morgan fingerprint density at radius 1 is 1.32 bits per heavy atom. The lowest BCUT2D eigenvalue weighted by Gasteiger charge is -2.43. The smallest absolute Gasteiger partial charge is 0.308 e. The molecular weight excluding hydrogens is 290 g/mol. The van der Waals surface area contributed by atoms with Crippen LogP contribution in [0.4, 0.5) is 0 Å². The summed E-state index contributed by atoms with van der Waals surface area (Å²) < 4.78 is 21.5. The molecule has 0 atom stereocenters. The van der Waals surface area contributed by atoms with Crippen molar-refractivity contribution in [3.8, 4) is 0 Å². The molecule has 0 bridgehead atoms. The first-order chi connectivity index (χ1) is 10.3. The number of amides is 1. The van der Waals surface area contributed by atoms with Gasteiger partial charge in [-0.15, -0.1) is 0 Å². The molecule has 7 nitrogen and oxygen atoms in total. The van der Waals surface area contributed by atoms with Crippen LogP contribution in [-0.4, -0.2) is 56.2 Å². The molecule has 1 N–H and O–H groups in total. The lowest BCUT2D eigenvalue weighted by molar-refractivity contribution is -0.275. The fraction of sp³-hybridized carbons (Fsp3) is 0.733. The molecule has 1 rings (SSSR count). The topological polar surface area (TPSA) is 83.1 Å². The minimum absolute atomic E-state index is 0.159. The van der Waals surface area contributed by atoms with Crippen molar-refractivity contribution in [2.45, 2.75) is 38.5 Å². The van der Waals surface area contributed by atoms with E-state index in [2.05, 4.69) is 11.9 Å². The van der Waals surface area contributed by atoms with Crippen LogP contribution >= 0.6 is 0 Å². The first-order valence-electron chi connectivity index (χ1n) is 7.28. The zero-order valence-electron chi connectivity index (χ0n) is 13.5. The van der Waals surface area contributed by atoms with Crippen molar-refractivity contribution in [1.29, 1.82) is 0 Å². The number of hydrogen-bond acceptors (Lipinski definition) is 6. The van der Waals surface area contributed by atoms with Crippen LogP contribution in [0.1, 0.15) is 27.2 Å². The third-order valence-electron chi connectivity index (χ3n) is 3.10. The van der Waals surface area contributed by atoms with Crippen molar-refractivity contribution in [2.75, 3.05) is 33.0 Å². The maximum atomic E-state index is 11.6. The van der Waals surface area contributed by atoms with Gasteiger partial charge in [0, 0.05) is 0 Å². The van der Waals surface area contributed by atoms with Gasteiger partial charge in [-0.3, -0.25) is 9.59 Å². The van der Waals surface area contributed by atoms with E-state index in [1.54, 1.807) is 20.8 Å². The van der Waals surface area contributed by atoms with Gasteiger partial charge in [-0.1, -0.05) is 6.58 Å². The largest absolute Gasteiger partial charge is 0.466 e. The minimum atomic E-state index is -0.796. The molecule has 0 saturated carbocycles. The second-order valence-electron chi connectivity index (χ2n) is 5.56. The van der Waals surface area contributed by atoms with E-state index in [0.29, 0.717) is 6.61 Å². The molecule has 1 fully saturated rings. The van der Waals surface area contributed by atoms with Gasteiger partial charge in [0.1, 0.15) is 5.54 Å². The monoisotopic (exact) mass is 315 g/mol. The highest BCUT2D eigenvalue weighted by molar-refractivity contribution is 5.87. The number of nitrogens with one attached hydrogen (secondary N) is 1. The van der Waals surface area contributed by atoms with Crippen LogP contribution in [0.2, 0.25) is 0 Å². The van der Waals surface area contributed by atoms with E-state index >= 15 is 0 Å². The maximum absolute atomic E-state index is 11.6. The molecule has 0 radical (unpaired) electrons. The summed E-state index contributed by atoms with van der Waals surface area (Å²) in [6.45, 7) is 9.99. The summed E-state index contributed by atoms with van der Waals surface area (Å²) in [6.07, 6.45) is 1.34. The normalized spacial score (nSPS) is 19.2. The third kappa shape index (κ3) is 6.13. The van der Waals surface area contributed by atoms with Crippen molar-refractivity contribution < 1.29 is 28.5 Å². The SMILES string of the molecule is C=CC(=O)NC1(COCCC(=O)OCC)COC(C)(C)OC1. The quantitative estimate of drug-likeness (QED) is 0.405. The maximum Gasteiger partial charge on any atom is 0.308 e. The van der Waals surface area contributed by atoms with Crippen LogP contribution < -0.4 is 5.32 Å². The second-order valence-corrected chi connectivity index (χ2v) is 5.56. The second kappa shape index (κ2) is 8.26. The van der Waals surface area contributed by atoms with E-state index in [1.165, 1.54) is 6.08 Å². The number of carbonyl (C=O) groups excluding carboxylic acids is 2. The third-order valence-corrected chi connectivity index (χ3v) is 3.10. The average Bonchev–Trinajstić information content (AvgIpc) is 2.47. The lowest BCUT2D eigenvalue weighted by atomic mass is 10.0. The number of carbonyl (C=O) groups is 2. The van der Waals surface area contributed by atoms with Crippen LogP contribution in [0.25, 0.3) is 0 Å². The van der Waals surface area contributed by atoms with E-state index in [-0.39, 0.29) is 44.7 Å². The van der Waals surface area contributed by atoms with Gasteiger partial charge in [-0.2, -0.15) is 0 Å². The Morgan fingerprint density at radius 3 is 2.50 bits per heavy atom. The van der Waals surface area contributed by atoms with E-state index in [9.17, 15) is 9.59 Å². The summed E-state index contributed by atoms with van der Waals surface area (Å²) in [7, 11) is 0. The Balaban J connectivity index is 2.51. The van der Waals surface area contributed by atoms with Crippen molar-refractivity contribution in [2.24, 2.45) is 0 Å². The molecule has 0 aliphatic carbocycles. The first-order valence-corrected chi connectivity index (χ1v) is 7.28. The molecule has 0 spiro atoms. The highest BCUT2D eigenvalue weighted by Crippen LogP contribution is 2.24. The number of hydrogen-bond donors (Lipinski definition) is 1. The molecule has 1 saturated heterocycles. The lowest BCUT2D eigenvalue weighted by Crippen LogP contribution is -2.63. The molecular formula is C15H25NO6. The molecule has 7 heteroatoms. The summed E-state index contributed by atoms with van der Waals surface area (Å²) >= 11 is 0. The van der Waals surface area contributed by atoms with Crippen LogP contribution in [0, 0.1) is 0 Å². The Kier molecular flexibility index (Phi) is 6.99. The number of esters is 1. The Bertz CT molecular complexity index is 397. The van der Waals surface area contributed by atoms with Gasteiger partial charge >= 0.3 is 5.97 Å². The van der Waals surface area contributed by atoms with Gasteiger partial charge in [-0.25, -0.2) is 0 Å². The molecule has 126 valence electrons. The fourth-order valence-electron chi connectivity index (χ4n) is 1.87. The van der Waals surface area contributed by atoms with Crippen LogP contribution in [-0.2, 0) is 28.5 Å². The van der Waals surface area contributed by atoms with Gasteiger partial charge in [0.2, 0.25) is 5.91 Å². The highest BCUT2D eigenvalue weighted by Gasteiger charge is 2.41. The number of ether oxygens (including phenoxy) is 4. The molecule has 1 aliphatic rings. The summed E-state index contributed by atoms with van der Waals surface area (Å²) in [5, 5.41) is 2.78. The molecule has 1 aliphatic heterocycles. The van der Waals surface area contributed by atoms with Crippen LogP contribution in [0.15, 0.2) is 12.7 Å². The Morgan fingerprint density at radius 2 is 1.95 bits per heavy atom. The molecule has 0 aromatic heterocycles. The zero-order chi connectivity index (χ0) is 16.6. The van der Waals surface area contributed by atoms with Gasteiger partial charge in [0.05, 0.1) is 39.5 Å². The molecule has 1 amide bonds. The predicted octanol–water partition coefficient (Wildman–Crippen LogP) is 0.780. The Hall–Kier alpha value is -1.44. The summed E-state index contributed by atoms with van der Waals surface area (Å²) in [6, 6.07) is 0. The van der Waals surface area contributed by atoms with Crippen molar-refractivity contribution in [1.82, 2.24) is 5.32 Å². The summed E-state index contributed by atoms with van der Waals surface area (Å²) in [4.78, 5) is 22.9. The van der Waals surface area contributed by atoms with E-state index in [1.807, 2.05) is 0 Å². The van der Waals surface area contributed by atoms with E-state index in [0.717, 1.165) is 0 Å².